The molecule has 2 unspecified atom stereocenters. The van der Waals surface area contributed by atoms with Crippen LogP contribution in [0.3, 0.4) is 0 Å². The maximum Gasteiger partial charge on any atom is 0.185 e. The number of ether oxygens (including phenoxy) is 2. The van der Waals surface area contributed by atoms with Crippen LogP contribution in [-0.4, -0.2) is 63.3 Å². The molecular formula is C50H62O7S4. The van der Waals surface area contributed by atoms with Gasteiger partial charge < -0.3 is 19.7 Å². The van der Waals surface area contributed by atoms with Crippen LogP contribution in [0.2, 0.25) is 0 Å². The number of benzene rings is 4. The van der Waals surface area contributed by atoms with Crippen LogP contribution >= 0.6 is 43.2 Å². The highest BCUT2D eigenvalue weighted by Crippen LogP contribution is 2.40. The topological polar surface area (TPSA) is 110 Å². The number of allylic oxidation sites excluding steroid dienone is 1. The number of carbonyl (C=O) groups excluding carboxylic acids is 3. The van der Waals surface area contributed by atoms with Crippen molar-refractivity contribution in [3.8, 4) is 23.0 Å². The van der Waals surface area contributed by atoms with Gasteiger partial charge in [-0.2, -0.15) is 0 Å². The molecule has 0 bridgehead atoms. The summed E-state index contributed by atoms with van der Waals surface area (Å²) < 4.78 is 11.5. The summed E-state index contributed by atoms with van der Waals surface area (Å²) in [6.45, 7) is 10.3. The van der Waals surface area contributed by atoms with Gasteiger partial charge in [0.25, 0.3) is 0 Å². The van der Waals surface area contributed by atoms with Crippen LogP contribution in [0.1, 0.15) is 130 Å². The van der Waals surface area contributed by atoms with Crippen LogP contribution in [0.15, 0.2) is 78.9 Å². The van der Waals surface area contributed by atoms with E-state index in [2.05, 4.69) is 21.6 Å². The SMILES string of the molecule is CC(=O)c1ccc(OCCCCCC2CCSS2)cc1.Cc1cc(/C=C/C(=O)c2ccc(OCCCCCC3CCSS3)cc2)cc(C)c1O.Cc1cc(C=O)cc(C)c1O. The Labute approximate surface area is 379 Å². The van der Waals surface area contributed by atoms with Gasteiger partial charge in [0.2, 0.25) is 0 Å². The summed E-state index contributed by atoms with van der Waals surface area (Å²) in [7, 11) is 8.15. The zero-order valence-electron chi connectivity index (χ0n) is 36.3. The zero-order chi connectivity index (χ0) is 44.0. The molecule has 0 aromatic heterocycles. The van der Waals surface area contributed by atoms with Gasteiger partial charge >= 0.3 is 0 Å². The first-order chi connectivity index (χ1) is 29.4. The van der Waals surface area contributed by atoms with Gasteiger partial charge in [0.05, 0.1) is 13.2 Å². The summed E-state index contributed by atoms with van der Waals surface area (Å²) in [4.78, 5) is 33.9. The Hall–Kier alpha value is -3.77. The van der Waals surface area contributed by atoms with Crippen LogP contribution in [0, 0.1) is 27.7 Å². The minimum atomic E-state index is -0.0483. The fraction of sp³-hybridized carbons (Fsp3) is 0.420. The van der Waals surface area contributed by atoms with E-state index in [1.165, 1.54) is 62.9 Å². The van der Waals surface area contributed by atoms with E-state index in [0.717, 1.165) is 87.7 Å². The van der Waals surface area contributed by atoms with E-state index in [4.69, 9.17) is 9.47 Å². The van der Waals surface area contributed by atoms with Crippen molar-refractivity contribution >= 4 is 67.1 Å². The Kier molecular flexibility index (Phi) is 22.3. The molecule has 2 aliphatic rings. The third-order valence-corrected chi connectivity index (χ3v) is 16.3. The molecule has 7 nitrogen and oxygen atoms in total. The highest BCUT2D eigenvalue weighted by Gasteiger charge is 2.16. The maximum absolute atomic E-state index is 12.4. The molecule has 2 atom stereocenters. The number of phenolic OH excluding ortho intramolecular Hbond substituents is 2. The number of Topliss-reactive ketones (excluding diaryl/α,β-unsaturated/α-hetero) is 1. The van der Waals surface area contributed by atoms with E-state index >= 15 is 0 Å². The zero-order valence-corrected chi connectivity index (χ0v) is 39.5. The normalized spacial score (nSPS) is 15.7. The molecule has 0 saturated carbocycles. The minimum absolute atomic E-state index is 0.0483. The van der Waals surface area contributed by atoms with Gasteiger partial charge in [-0.3, -0.25) is 14.4 Å². The number of ketones is 2. The van der Waals surface area contributed by atoms with Crippen LogP contribution in [0.5, 0.6) is 23.0 Å². The number of hydrogen-bond donors (Lipinski definition) is 2. The summed E-state index contributed by atoms with van der Waals surface area (Å²) >= 11 is 0. The summed E-state index contributed by atoms with van der Waals surface area (Å²) in [6, 6.07) is 21.8. The van der Waals surface area contributed by atoms with Crippen LogP contribution < -0.4 is 9.47 Å². The fourth-order valence-electron chi connectivity index (χ4n) is 6.72. The van der Waals surface area contributed by atoms with E-state index < -0.39 is 0 Å². The van der Waals surface area contributed by atoms with Crippen molar-refractivity contribution in [1.29, 1.82) is 0 Å². The second kappa shape index (κ2) is 27.3. The van der Waals surface area contributed by atoms with E-state index in [-0.39, 0.29) is 17.3 Å². The Morgan fingerprint density at radius 1 is 0.623 bits per heavy atom. The molecule has 61 heavy (non-hydrogen) atoms. The van der Waals surface area contributed by atoms with Crippen molar-refractivity contribution in [2.45, 2.75) is 109 Å². The predicted octanol–water partition coefficient (Wildman–Crippen LogP) is 13.8. The smallest absolute Gasteiger partial charge is 0.185 e. The molecule has 2 fully saturated rings. The molecule has 0 radical (unpaired) electrons. The number of phenols is 2. The number of aryl methyl sites for hydroxylation is 4. The Bertz CT molecular complexity index is 1960. The Morgan fingerprint density at radius 2 is 1.05 bits per heavy atom. The molecule has 0 aliphatic carbocycles. The molecule has 11 heteroatoms. The first-order valence-corrected chi connectivity index (χ1v) is 26.0. The molecule has 2 heterocycles. The Balaban J connectivity index is 0.000000226. The quantitative estimate of drug-likeness (QED) is 0.0308. The molecule has 0 spiro atoms. The molecule has 0 amide bonds. The van der Waals surface area contributed by atoms with E-state index in [1.807, 2.05) is 96.1 Å². The van der Waals surface area contributed by atoms with Crippen molar-refractivity contribution < 1.29 is 34.1 Å². The van der Waals surface area contributed by atoms with E-state index in [9.17, 15) is 24.6 Å². The number of hydrogen-bond acceptors (Lipinski definition) is 11. The lowest BCUT2D eigenvalue weighted by atomic mass is 10.0. The molecular weight excluding hydrogens is 841 g/mol. The maximum atomic E-state index is 12.4. The second-order valence-corrected chi connectivity index (χ2v) is 21.1. The van der Waals surface area contributed by atoms with Crippen LogP contribution in [-0.2, 0) is 0 Å². The molecule has 6 rings (SSSR count). The van der Waals surface area contributed by atoms with Gasteiger partial charge in [-0.1, -0.05) is 74.9 Å². The predicted molar refractivity (Wildman–Crippen MR) is 262 cm³/mol. The number of rotatable bonds is 19. The molecule has 2 aliphatic heterocycles. The third-order valence-electron chi connectivity index (χ3n) is 10.3. The number of carbonyl (C=O) groups is 3. The minimum Gasteiger partial charge on any atom is -0.507 e. The highest BCUT2D eigenvalue weighted by molar-refractivity contribution is 8.77. The first-order valence-electron chi connectivity index (χ1n) is 21.2. The molecule has 2 N–H and O–H groups in total. The summed E-state index contributed by atoms with van der Waals surface area (Å²) in [5, 5.41) is 20.9. The van der Waals surface area contributed by atoms with Crippen LogP contribution in [0.4, 0.5) is 0 Å². The van der Waals surface area contributed by atoms with Crippen LogP contribution in [0.25, 0.3) is 6.08 Å². The average Bonchev–Trinajstić information content (AvgIpc) is 3.99. The number of aldehydes is 1. The van der Waals surface area contributed by atoms with Crippen molar-refractivity contribution in [2.75, 3.05) is 24.7 Å². The Morgan fingerprint density at radius 3 is 1.44 bits per heavy atom. The lowest BCUT2D eigenvalue weighted by Crippen LogP contribution is -2.00. The third kappa shape index (κ3) is 18.2. The van der Waals surface area contributed by atoms with E-state index in [1.54, 1.807) is 45.1 Å². The lowest BCUT2D eigenvalue weighted by molar-refractivity contribution is 0.101. The van der Waals surface area contributed by atoms with Crippen molar-refractivity contribution in [2.24, 2.45) is 0 Å². The highest BCUT2D eigenvalue weighted by atomic mass is 33.1. The summed E-state index contributed by atoms with van der Waals surface area (Å²) in [6.07, 6.45) is 16.8. The molecule has 328 valence electrons. The number of aromatic hydroxyl groups is 2. The van der Waals surface area contributed by atoms with Gasteiger partial charge in [-0.05, 0) is 180 Å². The van der Waals surface area contributed by atoms with Gasteiger partial charge in [-0.25, -0.2) is 0 Å². The summed E-state index contributed by atoms with van der Waals surface area (Å²) in [5.41, 5.74) is 5.99. The molecule has 2 saturated heterocycles. The largest absolute Gasteiger partial charge is 0.507 e. The summed E-state index contributed by atoms with van der Waals surface area (Å²) in [5.74, 6) is 4.93. The van der Waals surface area contributed by atoms with Gasteiger partial charge in [0, 0.05) is 38.7 Å². The van der Waals surface area contributed by atoms with Gasteiger partial charge in [0.1, 0.15) is 29.3 Å². The second-order valence-electron chi connectivity index (χ2n) is 15.5. The monoisotopic (exact) mass is 902 g/mol. The fourth-order valence-corrected chi connectivity index (χ4v) is 12.8. The lowest BCUT2D eigenvalue weighted by Gasteiger charge is -2.08. The van der Waals surface area contributed by atoms with Gasteiger partial charge in [0.15, 0.2) is 11.6 Å². The van der Waals surface area contributed by atoms with Crippen molar-refractivity contribution in [3.05, 3.63) is 123 Å². The molecule has 4 aromatic carbocycles. The average molecular weight is 903 g/mol. The van der Waals surface area contributed by atoms with Gasteiger partial charge in [-0.15, -0.1) is 0 Å². The molecule has 4 aromatic rings. The standard InChI is InChI=1S/C25H30O3S2.C16H22O2S2.C9H10O2/c1-18-16-20(17-19(2)25(18)27)7-12-24(26)21-8-10-22(11-9-21)28-14-5-3-4-6-23-13-15-29-30-23;1-13(17)14-6-8-15(9-7-14)18-11-4-2-3-5-16-10-12-19-20-16;1-6-3-8(5-10)4-7(2)9(6)11/h7-12,16-17,23,27H,3-6,13-15H2,1-2H3;6-9,16H,2-5,10-12H2,1H3;3-5,11H,1-2H3/b12-7+;;. The van der Waals surface area contributed by atoms with E-state index in [0.29, 0.717) is 16.9 Å². The first kappa shape index (κ1) is 49.9. The van der Waals surface area contributed by atoms with Crippen molar-refractivity contribution in [3.63, 3.8) is 0 Å². The number of unbranched alkanes of at least 4 members (excludes halogenated alkanes) is 4. The van der Waals surface area contributed by atoms with Crippen molar-refractivity contribution in [1.82, 2.24) is 0 Å².